The number of aliphatic hydroxyl groups is 1. The fourth-order valence-electron chi connectivity index (χ4n) is 4.82. The summed E-state index contributed by atoms with van der Waals surface area (Å²) < 4.78 is 12.0. The lowest BCUT2D eigenvalue weighted by molar-refractivity contribution is -0.118. The van der Waals surface area contributed by atoms with E-state index in [1.165, 1.54) is 17.9 Å². The second-order valence-electron chi connectivity index (χ2n) is 9.28. The summed E-state index contributed by atoms with van der Waals surface area (Å²) in [5.41, 5.74) is 3.67. The van der Waals surface area contributed by atoms with E-state index in [0.29, 0.717) is 60.2 Å². The average Bonchev–Trinajstić information content (AvgIpc) is 2.92. The number of amides is 1. The van der Waals surface area contributed by atoms with Crippen molar-refractivity contribution in [3.8, 4) is 17.3 Å². The first kappa shape index (κ1) is 23.9. The molecule has 0 aromatic carbocycles. The van der Waals surface area contributed by atoms with Crippen LogP contribution in [0.3, 0.4) is 0 Å². The summed E-state index contributed by atoms with van der Waals surface area (Å²) in [5, 5.41) is 17.0. The minimum atomic E-state index is -0.583. The van der Waals surface area contributed by atoms with Crippen molar-refractivity contribution in [3.05, 3.63) is 70.0 Å². The van der Waals surface area contributed by atoms with Gasteiger partial charge in [0.25, 0.3) is 11.5 Å². The molecule has 1 amide bonds. The Morgan fingerprint density at radius 1 is 1.16 bits per heavy atom. The second kappa shape index (κ2) is 9.80. The Balaban J connectivity index is 1.17. The number of carbonyl (C=O) groups is 1. The molecule has 0 radical (unpaired) electrons. The standard InChI is InChI=1S/C26H25N7O5/c1-37-23-5-3-18-26(32-23)33(24(36)12-29-18)17-6-14-8-20(34)15(7-19(14)28-11-17)9-27-10-16-2-4-21-25(30-16)31-22(35)13-38-21/h2-6,11-12,15,20,27,34H,7-10,13H2,1H3,(H,30,31,35). The van der Waals surface area contributed by atoms with Gasteiger partial charge in [-0.25, -0.2) is 9.97 Å². The monoisotopic (exact) mass is 515 g/mol. The van der Waals surface area contributed by atoms with Gasteiger partial charge >= 0.3 is 0 Å². The molecule has 2 unspecified atom stereocenters. The van der Waals surface area contributed by atoms with E-state index in [2.05, 4.69) is 30.6 Å². The number of methoxy groups -OCH3 is 1. The Kier molecular flexibility index (Phi) is 6.18. The van der Waals surface area contributed by atoms with Crippen LogP contribution in [0.5, 0.6) is 11.6 Å². The summed E-state index contributed by atoms with van der Waals surface area (Å²) in [6, 6.07) is 8.94. The number of nitrogens with one attached hydrogen (secondary N) is 2. The van der Waals surface area contributed by atoms with Crippen molar-refractivity contribution in [2.45, 2.75) is 25.5 Å². The zero-order valence-electron chi connectivity index (χ0n) is 20.5. The number of pyridine rings is 3. The van der Waals surface area contributed by atoms with Crippen LogP contribution < -0.4 is 25.7 Å². The Labute approximate surface area is 216 Å². The van der Waals surface area contributed by atoms with E-state index in [1.807, 2.05) is 12.1 Å². The minimum Gasteiger partial charge on any atom is -0.481 e. The maximum atomic E-state index is 12.7. The lowest BCUT2D eigenvalue weighted by atomic mass is 9.84. The number of fused-ring (bicyclic) bond motifs is 3. The van der Waals surface area contributed by atoms with E-state index in [4.69, 9.17) is 9.47 Å². The third-order valence-electron chi connectivity index (χ3n) is 6.76. The van der Waals surface area contributed by atoms with Gasteiger partial charge in [0.15, 0.2) is 23.8 Å². The zero-order chi connectivity index (χ0) is 26.2. The van der Waals surface area contributed by atoms with Crippen LogP contribution in [0.25, 0.3) is 16.9 Å². The third-order valence-corrected chi connectivity index (χ3v) is 6.76. The molecule has 194 valence electrons. The van der Waals surface area contributed by atoms with Gasteiger partial charge in [-0.2, -0.15) is 4.98 Å². The molecular weight excluding hydrogens is 490 g/mol. The van der Waals surface area contributed by atoms with Crippen molar-refractivity contribution in [3.63, 3.8) is 0 Å². The van der Waals surface area contributed by atoms with Crippen LogP contribution >= 0.6 is 0 Å². The van der Waals surface area contributed by atoms with E-state index in [0.717, 1.165) is 17.0 Å². The number of aliphatic hydroxyl groups excluding tert-OH is 1. The van der Waals surface area contributed by atoms with Gasteiger partial charge in [0.2, 0.25) is 5.88 Å². The molecule has 6 rings (SSSR count). The molecule has 1 aliphatic carbocycles. The molecule has 0 saturated carbocycles. The molecule has 4 aromatic rings. The lowest BCUT2D eigenvalue weighted by Crippen LogP contribution is -2.38. The van der Waals surface area contributed by atoms with E-state index in [-0.39, 0.29) is 24.0 Å². The van der Waals surface area contributed by atoms with Crippen molar-refractivity contribution in [1.82, 2.24) is 29.8 Å². The van der Waals surface area contributed by atoms with Crippen LogP contribution in [-0.2, 0) is 24.2 Å². The Morgan fingerprint density at radius 3 is 2.92 bits per heavy atom. The molecule has 5 heterocycles. The van der Waals surface area contributed by atoms with Crippen molar-refractivity contribution < 1.29 is 19.4 Å². The number of nitrogens with zero attached hydrogens (tertiary/aromatic N) is 5. The van der Waals surface area contributed by atoms with Gasteiger partial charge in [0.05, 0.1) is 37.0 Å². The molecule has 2 atom stereocenters. The van der Waals surface area contributed by atoms with Crippen LogP contribution in [0.2, 0.25) is 0 Å². The SMILES string of the molecule is COc1ccc2ncc(=O)n(-c3cnc4c(c3)CC(O)C(CNCc3ccc5c(n3)NC(=O)CO5)C4)c2n1. The highest BCUT2D eigenvalue weighted by atomic mass is 16.5. The van der Waals surface area contributed by atoms with E-state index in [1.54, 1.807) is 24.4 Å². The number of hydrogen-bond acceptors (Lipinski definition) is 10. The molecule has 38 heavy (non-hydrogen) atoms. The van der Waals surface area contributed by atoms with Crippen molar-refractivity contribution >= 4 is 22.9 Å². The highest BCUT2D eigenvalue weighted by Gasteiger charge is 2.28. The molecule has 1 aliphatic heterocycles. The smallest absolute Gasteiger partial charge is 0.275 e. The summed E-state index contributed by atoms with van der Waals surface area (Å²) in [6.45, 7) is 1.02. The molecule has 12 heteroatoms. The maximum Gasteiger partial charge on any atom is 0.275 e. The first-order valence-corrected chi connectivity index (χ1v) is 12.2. The predicted octanol–water partition coefficient (Wildman–Crippen LogP) is 0.776. The predicted molar refractivity (Wildman–Crippen MR) is 136 cm³/mol. The zero-order valence-corrected chi connectivity index (χ0v) is 20.5. The first-order chi connectivity index (χ1) is 18.5. The molecule has 2 aliphatic rings. The van der Waals surface area contributed by atoms with Gasteiger partial charge in [-0.3, -0.25) is 19.1 Å². The minimum absolute atomic E-state index is 0.00955. The average molecular weight is 516 g/mol. The largest absolute Gasteiger partial charge is 0.481 e. The Bertz CT molecular complexity index is 1610. The first-order valence-electron chi connectivity index (χ1n) is 12.2. The quantitative estimate of drug-likeness (QED) is 0.336. The summed E-state index contributed by atoms with van der Waals surface area (Å²) in [4.78, 5) is 42.0. The van der Waals surface area contributed by atoms with Gasteiger partial charge in [-0.05, 0) is 36.2 Å². The topological polar surface area (TPSA) is 153 Å². The van der Waals surface area contributed by atoms with Crippen molar-refractivity contribution in [2.75, 3.05) is 25.6 Å². The molecule has 0 fully saturated rings. The molecule has 0 spiro atoms. The van der Waals surface area contributed by atoms with Crippen LogP contribution in [0.1, 0.15) is 17.0 Å². The van der Waals surface area contributed by atoms with Gasteiger partial charge in [-0.1, -0.05) is 0 Å². The van der Waals surface area contributed by atoms with Crippen molar-refractivity contribution in [2.24, 2.45) is 5.92 Å². The van der Waals surface area contributed by atoms with Gasteiger partial charge < -0.3 is 25.2 Å². The number of hydrogen-bond donors (Lipinski definition) is 3. The maximum absolute atomic E-state index is 12.7. The highest BCUT2D eigenvalue weighted by molar-refractivity contribution is 5.94. The number of anilines is 1. The Morgan fingerprint density at radius 2 is 2.05 bits per heavy atom. The summed E-state index contributed by atoms with van der Waals surface area (Å²) >= 11 is 0. The Hall–Kier alpha value is -4.42. The van der Waals surface area contributed by atoms with Gasteiger partial charge in [0, 0.05) is 37.2 Å². The van der Waals surface area contributed by atoms with E-state index in [9.17, 15) is 14.7 Å². The number of carbonyl (C=O) groups excluding carboxylic acids is 1. The summed E-state index contributed by atoms with van der Waals surface area (Å²) in [5.74, 6) is 1.07. The molecular formula is C26H25N7O5. The molecule has 12 nitrogen and oxygen atoms in total. The van der Waals surface area contributed by atoms with Crippen LogP contribution in [0.15, 0.2) is 47.5 Å². The number of aromatic nitrogens is 5. The molecule has 3 N–H and O–H groups in total. The van der Waals surface area contributed by atoms with Gasteiger partial charge in [-0.15, -0.1) is 0 Å². The summed E-state index contributed by atoms with van der Waals surface area (Å²) in [6.07, 6.45) is 3.32. The van der Waals surface area contributed by atoms with Crippen LogP contribution in [-0.4, -0.2) is 61.9 Å². The number of ether oxygens (including phenoxy) is 2. The van der Waals surface area contributed by atoms with E-state index < -0.39 is 6.10 Å². The third kappa shape index (κ3) is 4.55. The normalized spacial score (nSPS) is 18.3. The number of rotatable bonds is 6. The molecule has 0 bridgehead atoms. The lowest BCUT2D eigenvalue weighted by Gasteiger charge is -2.29. The van der Waals surface area contributed by atoms with Gasteiger partial charge in [0.1, 0.15) is 5.52 Å². The van der Waals surface area contributed by atoms with Crippen LogP contribution in [0, 0.1) is 5.92 Å². The second-order valence-corrected chi connectivity index (χ2v) is 9.28. The van der Waals surface area contributed by atoms with Crippen LogP contribution in [0.4, 0.5) is 5.82 Å². The molecule has 4 aromatic heterocycles. The van der Waals surface area contributed by atoms with Crippen molar-refractivity contribution in [1.29, 1.82) is 0 Å². The fourth-order valence-corrected chi connectivity index (χ4v) is 4.82. The highest BCUT2D eigenvalue weighted by Crippen LogP contribution is 2.28. The summed E-state index contributed by atoms with van der Waals surface area (Å²) in [7, 11) is 1.51. The van der Waals surface area contributed by atoms with E-state index >= 15 is 0 Å². The molecule has 0 saturated heterocycles. The fraction of sp³-hybridized carbons (Fsp3) is 0.308.